The molecule has 0 unspecified atom stereocenters. The molecule has 1 heterocycles. The van der Waals surface area contributed by atoms with E-state index < -0.39 is 0 Å². The van der Waals surface area contributed by atoms with Crippen molar-refractivity contribution < 1.29 is 9.47 Å². The molecule has 0 spiro atoms. The molecule has 3 rings (SSSR count). The number of thiocarbonyl (C=S) groups is 1. The number of anilines is 1. The zero-order valence-electron chi connectivity index (χ0n) is 13.6. The van der Waals surface area contributed by atoms with Gasteiger partial charge in [0.05, 0.1) is 6.21 Å². The van der Waals surface area contributed by atoms with Crippen molar-refractivity contribution in [2.24, 2.45) is 5.10 Å². The fraction of sp³-hybridized carbons (Fsp3) is 0.222. The van der Waals surface area contributed by atoms with Gasteiger partial charge in [-0.3, -0.25) is 5.43 Å². The molecular formula is C18H19N3O2S. The van der Waals surface area contributed by atoms with Crippen LogP contribution in [-0.2, 0) is 0 Å². The Morgan fingerprint density at radius 2 is 1.79 bits per heavy atom. The molecule has 0 saturated carbocycles. The van der Waals surface area contributed by atoms with Crippen LogP contribution in [0, 0.1) is 13.8 Å². The van der Waals surface area contributed by atoms with Gasteiger partial charge in [0, 0.05) is 5.69 Å². The molecule has 24 heavy (non-hydrogen) atoms. The molecule has 124 valence electrons. The second-order valence-corrected chi connectivity index (χ2v) is 5.90. The highest BCUT2D eigenvalue weighted by molar-refractivity contribution is 7.80. The quantitative estimate of drug-likeness (QED) is 0.509. The fourth-order valence-electron chi connectivity index (χ4n) is 2.46. The first-order chi connectivity index (χ1) is 11.6. The van der Waals surface area contributed by atoms with E-state index in [1.165, 1.54) is 0 Å². The average molecular weight is 341 g/mol. The lowest BCUT2D eigenvalue weighted by Crippen LogP contribution is -2.24. The van der Waals surface area contributed by atoms with Crippen molar-refractivity contribution in [3.63, 3.8) is 0 Å². The first-order valence-electron chi connectivity index (χ1n) is 7.69. The van der Waals surface area contributed by atoms with E-state index in [0.717, 1.165) is 33.9 Å². The third kappa shape index (κ3) is 3.83. The SMILES string of the molecule is Cc1cccc(C)c1NC(=S)N/N=C/c1ccc2c(c1)OCCO2. The van der Waals surface area contributed by atoms with Crippen molar-refractivity contribution in [3.05, 3.63) is 53.1 Å². The molecule has 2 aromatic carbocycles. The number of aryl methyl sites for hydroxylation is 2. The topological polar surface area (TPSA) is 54.9 Å². The van der Waals surface area contributed by atoms with E-state index in [1.54, 1.807) is 6.21 Å². The molecule has 0 bridgehead atoms. The van der Waals surface area contributed by atoms with Crippen LogP contribution in [0.4, 0.5) is 5.69 Å². The Morgan fingerprint density at radius 3 is 2.54 bits per heavy atom. The molecule has 1 aliphatic rings. The van der Waals surface area contributed by atoms with Crippen molar-refractivity contribution >= 4 is 29.2 Å². The van der Waals surface area contributed by atoms with Crippen LogP contribution in [0.25, 0.3) is 0 Å². The van der Waals surface area contributed by atoms with Gasteiger partial charge in [0.25, 0.3) is 0 Å². The summed E-state index contributed by atoms with van der Waals surface area (Å²) in [5, 5.41) is 7.79. The predicted octanol–water partition coefficient (Wildman–Crippen LogP) is 3.40. The number of nitrogens with zero attached hydrogens (tertiary/aromatic N) is 1. The highest BCUT2D eigenvalue weighted by Crippen LogP contribution is 2.30. The average Bonchev–Trinajstić information content (AvgIpc) is 2.58. The molecular weight excluding hydrogens is 322 g/mol. The Morgan fingerprint density at radius 1 is 1.08 bits per heavy atom. The zero-order chi connectivity index (χ0) is 16.9. The number of nitrogens with one attached hydrogen (secondary N) is 2. The summed E-state index contributed by atoms with van der Waals surface area (Å²) in [6, 6.07) is 11.8. The summed E-state index contributed by atoms with van der Waals surface area (Å²) >= 11 is 5.29. The first-order valence-corrected chi connectivity index (χ1v) is 8.10. The lowest BCUT2D eigenvalue weighted by molar-refractivity contribution is 0.171. The number of benzene rings is 2. The summed E-state index contributed by atoms with van der Waals surface area (Å²) in [6.45, 7) is 5.22. The monoisotopic (exact) mass is 341 g/mol. The Balaban J connectivity index is 1.61. The molecule has 0 atom stereocenters. The van der Waals surface area contributed by atoms with E-state index in [2.05, 4.69) is 15.8 Å². The summed E-state index contributed by atoms with van der Waals surface area (Å²) < 4.78 is 11.0. The van der Waals surface area contributed by atoms with Crippen LogP contribution in [0.2, 0.25) is 0 Å². The smallest absolute Gasteiger partial charge is 0.191 e. The number of fused-ring (bicyclic) bond motifs is 1. The van der Waals surface area contributed by atoms with Crippen molar-refractivity contribution in [3.8, 4) is 11.5 Å². The maximum atomic E-state index is 5.55. The molecule has 0 amide bonds. The lowest BCUT2D eigenvalue weighted by Gasteiger charge is -2.18. The van der Waals surface area contributed by atoms with E-state index in [0.29, 0.717) is 18.3 Å². The van der Waals surface area contributed by atoms with Crippen LogP contribution in [0.3, 0.4) is 0 Å². The zero-order valence-corrected chi connectivity index (χ0v) is 14.4. The summed E-state index contributed by atoms with van der Waals surface area (Å²) in [5.41, 5.74) is 7.01. The van der Waals surface area contributed by atoms with Crippen LogP contribution in [-0.4, -0.2) is 24.5 Å². The van der Waals surface area contributed by atoms with Gasteiger partial charge < -0.3 is 14.8 Å². The second-order valence-electron chi connectivity index (χ2n) is 5.49. The van der Waals surface area contributed by atoms with Gasteiger partial charge in [0.15, 0.2) is 16.6 Å². The third-order valence-corrected chi connectivity index (χ3v) is 3.86. The maximum absolute atomic E-state index is 5.55. The summed E-state index contributed by atoms with van der Waals surface area (Å²) in [5.74, 6) is 1.50. The molecule has 2 N–H and O–H groups in total. The molecule has 0 radical (unpaired) electrons. The molecule has 0 saturated heterocycles. The van der Waals surface area contributed by atoms with Crippen LogP contribution in [0.15, 0.2) is 41.5 Å². The van der Waals surface area contributed by atoms with Crippen LogP contribution in [0.5, 0.6) is 11.5 Å². The first kappa shape index (κ1) is 16.3. The van der Waals surface area contributed by atoms with E-state index in [-0.39, 0.29) is 0 Å². The van der Waals surface area contributed by atoms with Crippen LogP contribution >= 0.6 is 12.2 Å². The van der Waals surface area contributed by atoms with Gasteiger partial charge in [-0.1, -0.05) is 18.2 Å². The number of para-hydroxylation sites is 1. The molecule has 0 aliphatic carbocycles. The normalized spacial score (nSPS) is 12.9. The minimum atomic E-state index is 0.446. The Labute approximate surface area is 146 Å². The van der Waals surface area contributed by atoms with Crippen molar-refractivity contribution in [1.82, 2.24) is 5.43 Å². The predicted molar refractivity (Wildman–Crippen MR) is 100 cm³/mol. The molecule has 2 aromatic rings. The summed E-state index contributed by atoms with van der Waals surface area (Å²) in [6.07, 6.45) is 1.69. The standard InChI is InChI=1S/C18H19N3O2S/c1-12-4-3-5-13(2)17(12)20-18(24)21-19-11-14-6-7-15-16(10-14)23-9-8-22-15/h3-7,10-11H,8-9H2,1-2H3,(H2,20,21,24)/b19-11+. The Kier molecular flexibility index (Phi) is 4.96. The molecule has 5 nitrogen and oxygen atoms in total. The van der Waals surface area contributed by atoms with E-state index in [4.69, 9.17) is 21.7 Å². The van der Waals surface area contributed by atoms with Gasteiger partial charge in [-0.05, 0) is 61.0 Å². The van der Waals surface area contributed by atoms with E-state index in [1.807, 2.05) is 50.2 Å². The van der Waals surface area contributed by atoms with Gasteiger partial charge in [-0.2, -0.15) is 5.10 Å². The summed E-state index contributed by atoms with van der Waals surface area (Å²) in [7, 11) is 0. The van der Waals surface area contributed by atoms with Crippen molar-refractivity contribution in [1.29, 1.82) is 0 Å². The third-order valence-electron chi connectivity index (χ3n) is 3.67. The minimum absolute atomic E-state index is 0.446. The van der Waals surface area contributed by atoms with Crippen LogP contribution in [0.1, 0.15) is 16.7 Å². The minimum Gasteiger partial charge on any atom is -0.486 e. The van der Waals surface area contributed by atoms with Crippen molar-refractivity contribution in [2.75, 3.05) is 18.5 Å². The second kappa shape index (κ2) is 7.31. The molecule has 0 fully saturated rings. The number of hydrazone groups is 1. The number of rotatable bonds is 3. The number of hydrogen-bond acceptors (Lipinski definition) is 4. The van der Waals surface area contributed by atoms with Crippen LogP contribution < -0.4 is 20.2 Å². The van der Waals surface area contributed by atoms with Crippen molar-refractivity contribution in [2.45, 2.75) is 13.8 Å². The maximum Gasteiger partial charge on any atom is 0.191 e. The van der Waals surface area contributed by atoms with Gasteiger partial charge in [-0.15, -0.1) is 0 Å². The van der Waals surface area contributed by atoms with Gasteiger partial charge in [0.2, 0.25) is 0 Å². The molecule has 1 aliphatic heterocycles. The molecule has 0 aromatic heterocycles. The van der Waals surface area contributed by atoms with Gasteiger partial charge in [0.1, 0.15) is 13.2 Å². The Bertz CT molecular complexity index is 770. The summed E-state index contributed by atoms with van der Waals surface area (Å²) in [4.78, 5) is 0. The van der Waals surface area contributed by atoms with Gasteiger partial charge in [-0.25, -0.2) is 0 Å². The van der Waals surface area contributed by atoms with E-state index in [9.17, 15) is 0 Å². The number of hydrogen-bond donors (Lipinski definition) is 2. The highest BCUT2D eigenvalue weighted by Gasteiger charge is 2.10. The van der Waals surface area contributed by atoms with E-state index >= 15 is 0 Å². The highest BCUT2D eigenvalue weighted by atomic mass is 32.1. The van der Waals surface area contributed by atoms with Gasteiger partial charge >= 0.3 is 0 Å². The lowest BCUT2D eigenvalue weighted by atomic mass is 10.1. The Hall–Kier alpha value is -2.60. The number of ether oxygens (including phenoxy) is 2. The fourth-order valence-corrected chi connectivity index (χ4v) is 2.61. The largest absolute Gasteiger partial charge is 0.486 e. The molecule has 6 heteroatoms.